The first-order chi connectivity index (χ1) is 6.52. The largest absolute Gasteiger partial charge is 0.475 e. The van der Waals surface area contributed by atoms with Crippen molar-refractivity contribution < 1.29 is 14.3 Å². The molecule has 4 heteroatoms. The Morgan fingerprint density at radius 1 is 1.64 bits per heavy atom. The fraction of sp³-hybridized carbons (Fsp3) is 0.500. The summed E-state index contributed by atoms with van der Waals surface area (Å²) in [5.41, 5.74) is 0.716. The molecule has 1 N–H and O–H groups in total. The molecule has 0 aromatic carbocycles. The zero-order valence-electron chi connectivity index (χ0n) is 8.65. The molecule has 1 aromatic heterocycles. The highest BCUT2D eigenvalue weighted by molar-refractivity contribution is 5.86. The lowest BCUT2D eigenvalue weighted by molar-refractivity contribution is 0.0659. The van der Waals surface area contributed by atoms with Crippen molar-refractivity contribution in [2.24, 2.45) is 0 Å². The van der Waals surface area contributed by atoms with Gasteiger partial charge in [-0.3, -0.25) is 4.90 Å². The maximum atomic E-state index is 10.7. The Hall–Kier alpha value is -1.29. The molecule has 0 unspecified atom stereocenters. The predicted octanol–water partition coefficient (Wildman–Crippen LogP) is 1.82. The number of furan rings is 1. The molecule has 1 aromatic rings. The first kappa shape index (κ1) is 10.8. The van der Waals surface area contributed by atoms with Crippen LogP contribution in [0, 0.1) is 0 Å². The molecule has 0 aliphatic carbocycles. The first-order valence-corrected chi connectivity index (χ1v) is 4.52. The summed E-state index contributed by atoms with van der Waals surface area (Å²) in [7, 11) is 1.95. The molecular weight excluding hydrogens is 182 g/mol. The monoisotopic (exact) mass is 197 g/mol. The van der Waals surface area contributed by atoms with Gasteiger partial charge in [-0.2, -0.15) is 0 Å². The summed E-state index contributed by atoms with van der Waals surface area (Å²) in [5, 5.41) is 8.79. The summed E-state index contributed by atoms with van der Waals surface area (Å²) in [4.78, 5) is 12.8. The molecule has 0 radical (unpaired) electrons. The van der Waals surface area contributed by atoms with E-state index < -0.39 is 5.97 Å². The van der Waals surface area contributed by atoms with Gasteiger partial charge in [0.25, 0.3) is 0 Å². The number of carbonyl (C=O) groups is 1. The van der Waals surface area contributed by atoms with Gasteiger partial charge < -0.3 is 9.52 Å². The molecule has 0 atom stereocenters. The van der Waals surface area contributed by atoms with Crippen molar-refractivity contribution in [2.45, 2.75) is 26.4 Å². The second kappa shape index (κ2) is 4.28. The third-order valence-electron chi connectivity index (χ3n) is 2.24. The van der Waals surface area contributed by atoms with Gasteiger partial charge in [0, 0.05) is 18.2 Å². The fourth-order valence-electron chi connectivity index (χ4n) is 1.10. The zero-order chi connectivity index (χ0) is 10.7. The Labute approximate surface area is 83.1 Å². The van der Waals surface area contributed by atoms with Crippen LogP contribution in [0.25, 0.3) is 0 Å². The molecule has 4 nitrogen and oxygen atoms in total. The number of nitrogens with zero attached hydrogens (tertiary/aromatic N) is 1. The van der Waals surface area contributed by atoms with Gasteiger partial charge in [0.05, 0.1) is 6.26 Å². The Balaban J connectivity index is 2.76. The Morgan fingerprint density at radius 3 is 2.79 bits per heavy atom. The molecule has 78 valence electrons. The van der Waals surface area contributed by atoms with E-state index in [0.717, 1.165) is 0 Å². The minimum absolute atomic E-state index is 0.0394. The fourth-order valence-corrected chi connectivity index (χ4v) is 1.10. The molecule has 0 amide bonds. The van der Waals surface area contributed by atoms with Gasteiger partial charge in [-0.15, -0.1) is 0 Å². The van der Waals surface area contributed by atoms with E-state index in [1.54, 1.807) is 6.07 Å². The highest BCUT2D eigenvalue weighted by Crippen LogP contribution is 2.13. The van der Waals surface area contributed by atoms with Crippen LogP contribution in [0.5, 0.6) is 0 Å². The van der Waals surface area contributed by atoms with Crippen LogP contribution in [0.2, 0.25) is 0 Å². The average molecular weight is 197 g/mol. The van der Waals surface area contributed by atoms with Gasteiger partial charge in [-0.25, -0.2) is 4.79 Å². The van der Waals surface area contributed by atoms with Crippen molar-refractivity contribution in [3.05, 3.63) is 23.7 Å². The summed E-state index contributed by atoms with van der Waals surface area (Å²) in [5.74, 6) is -0.973. The van der Waals surface area contributed by atoms with Crippen LogP contribution in [0.1, 0.15) is 30.0 Å². The summed E-state index contributed by atoms with van der Waals surface area (Å²) < 4.78 is 4.88. The Kier molecular flexibility index (Phi) is 3.30. The minimum Gasteiger partial charge on any atom is -0.475 e. The maximum Gasteiger partial charge on any atom is 0.372 e. The molecule has 1 rings (SSSR count). The van der Waals surface area contributed by atoms with Crippen LogP contribution >= 0.6 is 0 Å². The third-order valence-corrected chi connectivity index (χ3v) is 2.24. The zero-order valence-corrected chi connectivity index (χ0v) is 8.65. The van der Waals surface area contributed by atoms with Crippen LogP contribution in [-0.4, -0.2) is 29.1 Å². The van der Waals surface area contributed by atoms with Crippen molar-refractivity contribution in [1.29, 1.82) is 0 Å². The normalized spacial score (nSPS) is 11.2. The number of hydrogen-bond acceptors (Lipinski definition) is 3. The van der Waals surface area contributed by atoms with Crippen molar-refractivity contribution in [2.75, 3.05) is 7.05 Å². The molecule has 0 saturated carbocycles. The van der Waals surface area contributed by atoms with E-state index in [1.165, 1.54) is 6.26 Å². The third kappa shape index (κ3) is 2.35. The molecule has 0 aliphatic heterocycles. The second-order valence-electron chi connectivity index (χ2n) is 3.59. The van der Waals surface area contributed by atoms with Gasteiger partial charge in [0.2, 0.25) is 5.76 Å². The molecule has 0 spiro atoms. The number of carboxylic acids is 1. The number of carboxylic acid groups (broad SMARTS) is 1. The lowest BCUT2D eigenvalue weighted by atomic mass is 10.2. The van der Waals surface area contributed by atoms with Crippen LogP contribution < -0.4 is 0 Å². The highest BCUT2D eigenvalue weighted by atomic mass is 16.4. The minimum atomic E-state index is -1.01. The van der Waals surface area contributed by atoms with Crippen LogP contribution in [0.3, 0.4) is 0 Å². The van der Waals surface area contributed by atoms with E-state index in [2.05, 4.69) is 18.7 Å². The molecule has 0 saturated heterocycles. The summed E-state index contributed by atoms with van der Waals surface area (Å²) in [6.07, 6.45) is 1.41. The van der Waals surface area contributed by atoms with Gasteiger partial charge in [-0.1, -0.05) is 0 Å². The van der Waals surface area contributed by atoms with Gasteiger partial charge in [0.15, 0.2) is 0 Å². The van der Waals surface area contributed by atoms with E-state index in [9.17, 15) is 4.79 Å². The maximum absolute atomic E-state index is 10.7. The molecule has 14 heavy (non-hydrogen) atoms. The standard InChI is InChI=1S/C10H15NO3/c1-7(2)11(3)6-8-4-5-14-9(8)10(12)13/h4-5,7H,6H2,1-3H3,(H,12,13). The van der Waals surface area contributed by atoms with E-state index in [-0.39, 0.29) is 5.76 Å². The van der Waals surface area contributed by atoms with E-state index >= 15 is 0 Å². The molecule has 0 fully saturated rings. The average Bonchev–Trinajstić information content (AvgIpc) is 2.52. The number of aromatic carboxylic acids is 1. The smallest absolute Gasteiger partial charge is 0.372 e. The van der Waals surface area contributed by atoms with Crippen molar-refractivity contribution >= 4 is 5.97 Å². The van der Waals surface area contributed by atoms with Crippen LogP contribution in [-0.2, 0) is 6.54 Å². The highest BCUT2D eigenvalue weighted by Gasteiger charge is 2.15. The van der Waals surface area contributed by atoms with Gasteiger partial charge in [0.1, 0.15) is 0 Å². The molecule has 1 heterocycles. The predicted molar refractivity (Wildman–Crippen MR) is 52.3 cm³/mol. The van der Waals surface area contributed by atoms with E-state index in [4.69, 9.17) is 9.52 Å². The Bertz CT molecular complexity index is 317. The molecule has 0 bridgehead atoms. The second-order valence-corrected chi connectivity index (χ2v) is 3.59. The summed E-state index contributed by atoms with van der Waals surface area (Å²) in [6.45, 7) is 4.71. The van der Waals surface area contributed by atoms with Crippen LogP contribution in [0.4, 0.5) is 0 Å². The summed E-state index contributed by atoms with van der Waals surface area (Å²) >= 11 is 0. The number of rotatable bonds is 4. The van der Waals surface area contributed by atoms with Crippen LogP contribution in [0.15, 0.2) is 16.7 Å². The van der Waals surface area contributed by atoms with Crippen molar-refractivity contribution in [3.8, 4) is 0 Å². The quantitative estimate of drug-likeness (QED) is 0.799. The van der Waals surface area contributed by atoms with Crippen molar-refractivity contribution in [1.82, 2.24) is 4.90 Å². The Morgan fingerprint density at radius 2 is 2.29 bits per heavy atom. The topological polar surface area (TPSA) is 53.7 Å². The molecule has 0 aliphatic rings. The first-order valence-electron chi connectivity index (χ1n) is 4.52. The summed E-state index contributed by atoms with van der Waals surface area (Å²) in [6, 6.07) is 2.08. The van der Waals surface area contributed by atoms with Gasteiger partial charge in [-0.05, 0) is 27.0 Å². The van der Waals surface area contributed by atoms with E-state index in [0.29, 0.717) is 18.2 Å². The van der Waals surface area contributed by atoms with E-state index in [1.807, 2.05) is 7.05 Å². The molecular formula is C10H15NO3. The lowest BCUT2D eigenvalue weighted by Crippen LogP contribution is -2.26. The lowest BCUT2D eigenvalue weighted by Gasteiger charge is -2.20. The SMILES string of the molecule is CC(C)N(C)Cc1ccoc1C(=O)O. The van der Waals surface area contributed by atoms with Gasteiger partial charge >= 0.3 is 5.97 Å². The van der Waals surface area contributed by atoms with Crippen molar-refractivity contribution in [3.63, 3.8) is 0 Å². The number of hydrogen-bond donors (Lipinski definition) is 1.